The monoisotopic (exact) mass is 281 g/mol. The number of hydrogen-bond acceptors (Lipinski definition) is 2. The first-order valence-corrected chi connectivity index (χ1v) is 5.94. The van der Waals surface area contributed by atoms with E-state index in [1.54, 1.807) is 12.1 Å². The van der Waals surface area contributed by atoms with Crippen molar-refractivity contribution in [3.63, 3.8) is 0 Å². The van der Waals surface area contributed by atoms with Crippen molar-refractivity contribution in [2.75, 3.05) is 13.2 Å². The van der Waals surface area contributed by atoms with Crippen LogP contribution < -0.4 is 0 Å². The summed E-state index contributed by atoms with van der Waals surface area (Å²) in [5, 5.41) is 9.33. The smallest absolute Gasteiger partial charge is 0.129 e. The molecule has 0 bridgehead atoms. The fourth-order valence-electron chi connectivity index (χ4n) is 2.81. The van der Waals surface area contributed by atoms with Gasteiger partial charge in [-0.2, -0.15) is 5.26 Å². The lowest BCUT2D eigenvalue weighted by atomic mass is 9.92. The second-order valence-corrected chi connectivity index (χ2v) is 5.27. The SMILES string of the molecule is N#CC1(c2ccc(Br)cc2F)[C@@H]2COC[C@@H]21. The van der Waals surface area contributed by atoms with Crippen molar-refractivity contribution in [3.05, 3.63) is 34.1 Å². The first-order valence-electron chi connectivity index (χ1n) is 5.14. The molecule has 1 saturated carbocycles. The minimum absolute atomic E-state index is 0.174. The van der Waals surface area contributed by atoms with Gasteiger partial charge in [0.05, 0.1) is 24.7 Å². The van der Waals surface area contributed by atoms with Crippen molar-refractivity contribution in [3.8, 4) is 6.07 Å². The average Bonchev–Trinajstić information content (AvgIpc) is 2.65. The minimum atomic E-state index is -0.636. The molecule has 16 heavy (non-hydrogen) atoms. The highest BCUT2D eigenvalue weighted by atomic mass is 79.9. The van der Waals surface area contributed by atoms with Gasteiger partial charge in [-0.15, -0.1) is 0 Å². The van der Waals surface area contributed by atoms with Crippen LogP contribution in [0, 0.1) is 29.0 Å². The van der Waals surface area contributed by atoms with Crippen LogP contribution in [0.2, 0.25) is 0 Å². The number of ether oxygens (including phenoxy) is 1. The fraction of sp³-hybridized carbons (Fsp3) is 0.417. The van der Waals surface area contributed by atoms with Crippen LogP contribution in [-0.4, -0.2) is 13.2 Å². The maximum Gasteiger partial charge on any atom is 0.129 e. The summed E-state index contributed by atoms with van der Waals surface area (Å²) in [6.07, 6.45) is 0. The highest BCUT2D eigenvalue weighted by molar-refractivity contribution is 9.10. The van der Waals surface area contributed by atoms with Crippen LogP contribution in [0.5, 0.6) is 0 Å². The first-order chi connectivity index (χ1) is 7.70. The van der Waals surface area contributed by atoms with E-state index in [1.807, 2.05) is 0 Å². The maximum absolute atomic E-state index is 13.9. The van der Waals surface area contributed by atoms with Gasteiger partial charge >= 0.3 is 0 Å². The van der Waals surface area contributed by atoms with Crippen molar-refractivity contribution in [1.29, 1.82) is 5.26 Å². The Morgan fingerprint density at radius 3 is 2.69 bits per heavy atom. The van der Waals surface area contributed by atoms with Crippen molar-refractivity contribution in [1.82, 2.24) is 0 Å². The third-order valence-electron chi connectivity index (χ3n) is 3.70. The summed E-state index contributed by atoms with van der Waals surface area (Å²) in [7, 11) is 0. The van der Waals surface area contributed by atoms with E-state index >= 15 is 0 Å². The Balaban J connectivity index is 2.07. The molecule has 0 radical (unpaired) electrons. The van der Waals surface area contributed by atoms with Gasteiger partial charge in [0.15, 0.2) is 0 Å². The summed E-state index contributed by atoms with van der Waals surface area (Å²) in [6.45, 7) is 1.15. The van der Waals surface area contributed by atoms with E-state index in [9.17, 15) is 9.65 Å². The largest absolute Gasteiger partial charge is 0.381 e. The number of nitriles is 1. The zero-order chi connectivity index (χ0) is 11.3. The Labute approximate surface area is 101 Å². The lowest BCUT2D eigenvalue weighted by Crippen LogP contribution is -2.17. The van der Waals surface area contributed by atoms with Gasteiger partial charge in [0.25, 0.3) is 0 Å². The summed E-state index contributed by atoms with van der Waals surface area (Å²) in [4.78, 5) is 0. The summed E-state index contributed by atoms with van der Waals surface area (Å²) in [6, 6.07) is 7.21. The van der Waals surface area contributed by atoms with Gasteiger partial charge in [0, 0.05) is 21.9 Å². The summed E-state index contributed by atoms with van der Waals surface area (Å²) >= 11 is 3.22. The molecule has 82 valence electrons. The minimum Gasteiger partial charge on any atom is -0.381 e. The molecule has 1 saturated heterocycles. The van der Waals surface area contributed by atoms with E-state index in [4.69, 9.17) is 4.74 Å². The van der Waals surface area contributed by atoms with Crippen LogP contribution in [0.25, 0.3) is 0 Å². The second kappa shape index (κ2) is 3.28. The molecule has 1 unspecified atom stereocenters. The Morgan fingerprint density at radius 1 is 1.44 bits per heavy atom. The van der Waals surface area contributed by atoms with Crippen LogP contribution in [0.1, 0.15) is 5.56 Å². The number of hydrogen-bond donors (Lipinski definition) is 0. The number of nitrogens with zero attached hydrogens (tertiary/aromatic N) is 1. The van der Waals surface area contributed by atoms with E-state index < -0.39 is 5.41 Å². The summed E-state index contributed by atoms with van der Waals surface area (Å²) in [5.41, 5.74) is -0.111. The first kappa shape index (κ1) is 10.2. The van der Waals surface area contributed by atoms with Crippen LogP contribution in [0.3, 0.4) is 0 Å². The number of fused-ring (bicyclic) bond motifs is 1. The Kier molecular flexibility index (Phi) is 2.10. The third kappa shape index (κ3) is 1.13. The third-order valence-corrected chi connectivity index (χ3v) is 4.20. The molecule has 1 heterocycles. The maximum atomic E-state index is 13.9. The quantitative estimate of drug-likeness (QED) is 0.793. The lowest BCUT2D eigenvalue weighted by Gasteiger charge is -2.14. The van der Waals surface area contributed by atoms with Gasteiger partial charge < -0.3 is 4.74 Å². The van der Waals surface area contributed by atoms with Gasteiger partial charge in [0.2, 0.25) is 0 Å². The summed E-state index contributed by atoms with van der Waals surface area (Å²) in [5.74, 6) is 0.0478. The Bertz CT molecular complexity index is 486. The zero-order valence-electron chi connectivity index (χ0n) is 8.41. The van der Waals surface area contributed by atoms with Crippen LogP contribution in [0.15, 0.2) is 22.7 Å². The predicted octanol–water partition coefficient (Wildman–Crippen LogP) is 2.63. The van der Waals surface area contributed by atoms with E-state index in [0.29, 0.717) is 23.2 Å². The lowest BCUT2D eigenvalue weighted by molar-refractivity contribution is 0.151. The van der Waals surface area contributed by atoms with Gasteiger partial charge in [-0.1, -0.05) is 22.0 Å². The van der Waals surface area contributed by atoms with Crippen LogP contribution in [0.4, 0.5) is 4.39 Å². The summed E-state index contributed by atoms with van der Waals surface area (Å²) < 4.78 is 19.8. The normalized spacial score (nSPS) is 35.6. The van der Waals surface area contributed by atoms with Crippen molar-refractivity contribution < 1.29 is 9.13 Å². The molecule has 0 amide bonds. The molecule has 2 aliphatic rings. The van der Waals surface area contributed by atoms with Crippen molar-refractivity contribution >= 4 is 15.9 Å². The van der Waals surface area contributed by atoms with E-state index in [1.165, 1.54) is 6.07 Å². The Morgan fingerprint density at radius 2 is 2.12 bits per heavy atom. The standard InChI is InChI=1S/C12H9BrFNO/c13-7-1-2-8(11(14)3-7)12(6-15)9-4-16-5-10(9)12/h1-3,9-10H,4-5H2/t9-,10+,12?. The molecule has 0 spiro atoms. The van der Waals surface area contributed by atoms with Crippen LogP contribution in [-0.2, 0) is 10.2 Å². The molecule has 0 N–H and O–H groups in total. The van der Waals surface area contributed by atoms with Crippen molar-refractivity contribution in [2.24, 2.45) is 11.8 Å². The number of rotatable bonds is 1. The molecule has 4 heteroatoms. The van der Waals surface area contributed by atoms with Gasteiger partial charge in [0.1, 0.15) is 5.82 Å². The highest BCUT2D eigenvalue weighted by Gasteiger charge is 2.69. The van der Waals surface area contributed by atoms with Gasteiger partial charge in [-0.05, 0) is 12.1 Å². The second-order valence-electron chi connectivity index (χ2n) is 4.36. The Hall–Kier alpha value is -0.920. The molecule has 2 nitrogen and oxygen atoms in total. The molecule has 1 aromatic carbocycles. The molecular weight excluding hydrogens is 273 g/mol. The molecule has 1 aliphatic carbocycles. The number of benzene rings is 1. The van der Waals surface area contributed by atoms with Crippen LogP contribution >= 0.6 is 15.9 Å². The number of halogens is 2. The molecule has 2 fully saturated rings. The van der Waals surface area contributed by atoms with E-state index in [0.717, 1.165) is 0 Å². The highest BCUT2D eigenvalue weighted by Crippen LogP contribution is 2.63. The van der Waals surface area contributed by atoms with Gasteiger partial charge in [-0.3, -0.25) is 0 Å². The predicted molar refractivity (Wildman–Crippen MR) is 59.2 cm³/mol. The van der Waals surface area contributed by atoms with Crippen molar-refractivity contribution in [2.45, 2.75) is 5.41 Å². The van der Waals surface area contributed by atoms with E-state index in [-0.39, 0.29) is 17.7 Å². The topological polar surface area (TPSA) is 33.0 Å². The fourth-order valence-corrected chi connectivity index (χ4v) is 3.14. The molecule has 1 aromatic rings. The molecule has 0 aromatic heterocycles. The van der Waals surface area contributed by atoms with E-state index in [2.05, 4.69) is 22.0 Å². The molecule has 3 rings (SSSR count). The molecule has 3 atom stereocenters. The average molecular weight is 282 g/mol. The van der Waals surface area contributed by atoms with Gasteiger partial charge in [-0.25, -0.2) is 4.39 Å². The molecule has 1 aliphatic heterocycles. The molecular formula is C12H9BrFNO. The zero-order valence-corrected chi connectivity index (χ0v) is 10.00.